The molecule has 0 amide bonds. The maximum atomic E-state index is 12.0. The molecule has 2 N–H and O–H groups in total. The van der Waals surface area contributed by atoms with Crippen molar-refractivity contribution in [3.8, 4) is 0 Å². The number of carbonyl (C=O) groups excluding carboxylic acids is 1. The molecule has 8 nitrogen and oxygen atoms in total. The number of sulfonamides is 1. The maximum Gasteiger partial charge on any atom is 0.208 e. The van der Waals surface area contributed by atoms with E-state index in [4.69, 9.17) is 0 Å². The van der Waals surface area contributed by atoms with Crippen molar-refractivity contribution in [2.75, 3.05) is 80.3 Å². The van der Waals surface area contributed by atoms with E-state index in [0.29, 0.717) is 25.2 Å². The summed E-state index contributed by atoms with van der Waals surface area (Å²) in [5.74, 6) is 0.0528. The quantitative estimate of drug-likeness (QED) is 0.349. The number of hydrogen-bond donors (Lipinski definition) is 2. The molecular formula is C17H37N5O3S. The van der Waals surface area contributed by atoms with Gasteiger partial charge in [-0.1, -0.05) is 6.58 Å². The molecule has 0 bridgehead atoms. The molecule has 0 aliphatic heterocycles. The number of rotatable bonds is 15. The fourth-order valence-electron chi connectivity index (χ4n) is 2.33. The average Bonchev–Trinajstić information content (AvgIpc) is 2.53. The smallest absolute Gasteiger partial charge is 0.208 e. The Labute approximate surface area is 159 Å². The predicted molar refractivity (Wildman–Crippen MR) is 108 cm³/mol. The Hall–Kier alpha value is -0.840. The van der Waals surface area contributed by atoms with Crippen molar-refractivity contribution in [3.63, 3.8) is 0 Å². The normalized spacial score (nSPS) is 13.6. The number of nitrogens with one attached hydrogen (secondary N) is 2. The van der Waals surface area contributed by atoms with Crippen LogP contribution in [-0.4, -0.2) is 115 Å². The average molecular weight is 392 g/mol. The lowest BCUT2D eigenvalue weighted by Gasteiger charge is -2.26. The van der Waals surface area contributed by atoms with Crippen LogP contribution in [0.4, 0.5) is 0 Å². The molecule has 0 rings (SSSR count). The van der Waals surface area contributed by atoms with Gasteiger partial charge in [0.1, 0.15) is 0 Å². The summed E-state index contributed by atoms with van der Waals surface area (Å²) in [6, 6.07) is -0.226. The van der Waals surface area contributed by atoms with Gasteiger partial charge < -0.3 is 20.0 Å². The van der Waals surface area contributed by atoms with Crippen LogP contribution in [-0.2, 0) is 14.8 Å². The fraction of sp³-hybridized carbons (Fsp3) is 0.824. The molecule has 26 heavy (non-hydrogen) atoms. The highest BCUT2D eigenvalue weighted by Crippen LogP contribution is 1.99. The van der Waals surface area contributed by atoms with Gasteiger partial charge in [0.15, 0.2) is 5.78 Å². The number of carbonyl (C=O) groups is 1. The Morgan fingerprint density at radius 2 is 1.46 bits per heavy atom. The number of Topliss-reactive ketones (excluding diaryl/α,β-unsaturated/α-hetero) is 1. The summed E-state index contributed by atoms with van der Waals surface area (Å²) in [5.41, 5.74) is 0.572. The maximum absolute atomic E-state index is 12.0. The lowest BCUT2D eigenvalue weighted by Crippen LogP contribution is -2.45. The number of nitrogens with zero attached hydrogens (tertiary/aromatic N) is 3. The number of likely N-dealkylation sites (N-methyl/N-ethyl adjacent to an activating group) is 4. The molecule has 1 atom stereocenters. The Kier molecular flexibility index (Phi) is 12.1. The third-order valence-corrected chi connectivity index (χ3v) is 4.89. The van der Waals surface area contributed by atoms with Crippen molar-refractivity contribution < 1.29 is 13.2 Å². The van der Waals surface area contributed by atoms with Crippen molar-refractivity contribution in [1.82, 2.24) is 24.7 Å². The van der Waals surface area contributed by atoms with E-state index in [-0.39, 0.29) is 11.8 Å². The van der Waals surface area contributed by atoms with E-state index in [0.717, 1.165) is 26.2 Å². The van der Waals surface area contributed by atoms with Crippen LogP contribution >= 0.6 is 0 Å². The first-order valence-electron chi connectivity index (χ1n) is 8.83. The predicted octanol–water partition coefficient (Wildman–Crippen LogP) is -0.936. The molecule has 0 aromatic heterocycles. The number of ketones is 1. The van der Waals surface area contributed by atoms with Crippen LogP contribution in [0.3, 0.4) is 0 Å². The zero-order valence-corrected chi connectivity index (χ0v) is 18.0. The second-order valence-corrected chi connectivity index (χ2v) is 8.85. The van der Waals surface area contributed by atoms with Crippen LogP contribution in [0.1, 0.15) is 6.92 Å². The molecule has 0 saturated heterocycles. The monoisotopic (exact) mass is 391 g/mol. The molecule has 0 aromatic rings. The van der Waals surface area contributed by atoms with Gasteiger partial charge in [-0.25, -0.2) is 13.1 Å². The van der Waals surface area contributed by atoms with Crippen molar-refractivity contribution in [2.24, 2.45) is 0 Å². The minimum absolute atomic E-state index is 0.0528. The highest BCUT2D eigenvalue weighted by molar-refractivity contribution is 7.88. The Bertz CT molecular complexity index is 539. The van der Waals surface area contributed by atoms with Gasteiger partial charge in [-0.2, -0.15) is 0 Å². The summed E-state index contributed by atoms with van der Waals surface area (Å²) in [7, 11) is 4.72. The van der Waals surface area contributed by atoms with Crippen molar-refractivity contribution >= 4 is 15.8 Å². The molecule has 0 fully saturated rings. The van der Waals surface area contributed by atoms with Gasteiger partial charge in [0.2, 0.25) is 10.0 Å². The van der Waals surface area contributed by atoms with Crippen LogP contribution in [0.25, 0.3) is 0 Å². The second kappa shape index (κ2) is 12.5. The zero-order valence-electron chi connectivity index (χ0n) is 17.2. The van der Waals surface area contributed by atoms with Crippen molar-refractivity contribution in [3.05, 3.63) is 12.2 Å². The third kappa shape index (κ3) is 12.5. The molecule has 0 radical (unpaired) electrons. The van der Waals surface area contributed by atoms with E-state index >= 15 is 0 Å². The molecule has 0 aliphatic rings. The van der Waals surface area contributed by atoms with Gasteiger partial charge in [0.05, 0.1) is 12.3 Å². The van der Waals surface area contributed by atoms with E-state index in [1.807, 2.05) is 14.1 Å². The SMILES string of the molecule is C=C(C)C(=O)C(CN(C)CCN(C)CCN(C)CCNS(C)(=O)=O)NC. The molecule has 1 unspecified atom stereocenters. The second-order valence-electron chi connectivity index (χ2n) is 7.02. The summed E-state index contributed by atoms with van der Waals surface area (Å²) in [6.45, 7) is 10.7. The minimum atomic E-state index is -3.12. The molecular weight excluding hydrogens is 354 g/mol. The summed E-state index contributed by atoms with van der Waals surface area (Å²) in [4.78, 5) is 18.5. The van der Waals surface area contributed by atoms with E-state index in [1.54, 1.807) is 14.0 Å². The van der Waals surface area contributed by atoms with Crippen LogP contribution < -0.4 is 10.0 Å². The lowest BCUT2D eigenvalue weighted by molar-refractivity contribution is -0.117. The van der Waals surface area contributed by atoms with Crippen LogP contribution in [0, 0.1) is 0 Å². The zero-order chi connectivity index (χ0) is 20.3. The summed E-state index contributed by atoms with van der Waals surface area (Å²) in [6.07, 6.45) is 1.17. The van der Waals surface area contributed by atoms with Gasteiger partial charge in [0.25, 0.3) is 0 Å². The standard InChI is InChI=1S/C17H37N5O3S/c1-15(2)17(23)16(18-3)14-22(6)13-12-21(5)11-10-20(4)9-8-19-26(7,24)25/h16,18-19H,1,8-14H2,2-7H3. The van der Waals surface area contributed by atoms with E-state index in [2.05, 4.69) is 38.4 Å². The first-order valence-corrected chi connectivity index (χ1v) is 10.7. The molecule has 0 heterocycles. The van der Waals surface area contributed by atoms with Gasteiger partial charge in [-0.3, -0.25) is 4.79 Å². The topological polar surface area (TPSA) is 85.0 Å². The Balaban J connectivity index is 4.04. The van der Waals surface area contributed by atoms with Crippen molar-refractivity contribution in [1.29, 1.82) is 0 Å². The molecule has 0 aromatic carbocycles. The van der Waals surface area contributed by atoms with E-state index in [9.17, 15) is 13.2 Å². The van der Waals surface area contributed by atoms with Crippen molar-refractivity contribution in [2.45, 2.75) is 13.0 Å². The lowest BCUT2D eigenvalue weighted by atomic mass is 10.1. The first kappa shape index (κ1) is 25.2. The summed E-state index contributed by atoms with van der Waals surface area (Å²) < 4.78 is 24.6. The van der Waals surface area contributed by atoms with Gasteiger partial charge >= 0.3 is 0 Å². The molecule has 0 saturated carbocycles. The third-order valence-electron chi connectivity index (χ3n) is 4.16. The fourth-order valence-corrected chi connectivity index (χ4v) is 2.80. The number of hydrogen-bond acceptors (Lipinski definition) is 7. The highest BCUT2D eigenvalue weighted by atomic mass is 32.2. The largest absolute Gasteiger partial charge is 0.309 e. The van der Waals surface area contributed by atoms with Gasteiger partial charge in [0, 0.05) is 45.8 Å². The van der Waals surface area contributed by atoms with Crippen LogP contribution in [0.15, 0.2) is 12.2 Å². The summed E-state index contributed by atoms with van der Waals surface area (Å²) >= 11 is 0. The Morgan fingerprint density at radius 1 is 1.00 bits per heavy atom. The van der Waals surface area contributed by atoms with Gasteiger partial charge in [-0.15, -0.1) is 0 Å². The van der Waals surface area contributed by atoms with Crippen LogP contribution in [0.2, 0.25) is 0 Å². The van der Waals surface area contributed by atoms with Gasteiger partial charge in [-0.05, 0) is 40.7 Å². The summed E-state index contributed by atoms with van der Waals surface area (Å²) in [5, 5.41) is 3.05. The molecule has 0 aliphatic carbocycles. The molecule has 9 heteroatoms. The molecule has 154 valence electrons. The van der Waals surface area contributed by atoms with E-state index in [1.165, 1.54) is 6.26 Å². The first-order chi connectivity index (χ1) is 12.0. The van der Waals surface area contributed by atoms with Crippen LogP contribution in [0.5, 0.6) is 0 Å². The van der Waals surface area contributed by atoms with E-state index < -0.39 is 10.0 Å². The molecule has 0 spiro atoms. The highest BCUT2D eigenvalue weighted by Gasteiger charge is 2.18. The minimum Gasteiger partial charge on any atom is -0.309 e. The Morgan fingerprint density at radius 3 is 1.88 bits per heavy atom.